The molecule has 14 heteroatoms. The maximum absolute atomic E-state index is 5.45. The summed E-state index contributed by atoms with van der Waals surface area (Å²) in [4.78, 5) is 0. The molecule has 0 atom stereocenters. The third kappa shape index (κ3) is 38.3. The van der Waals surface area contributed by atoms with Crippen LogP contribution in [0.5, 0.6) is 0 Å². The number of hydrogen-bond donors (Lipinski definition) is 2. The smallest absolute Gasteiger partial charge is 0.0701 e. The SMILES string of the molecule is Cl.NCCOCCOCCOCCOCCOCCOCCOCCOCCOCCOCCOCCS. The van der Waals surface area contributed by atoms with Crippen molar-refractivity contribution in [2.45, 2.75) is 0 Å². The zero-order chi connectivity index (χ0) is 26.7. The van der Waals surface area contributed by atoms with Gasteiger partial charge in [0.15, 0.2) is 0 Å². The van der Waals surface area contributed by atoms with Crippen molar-refractivity contribution >= 4 is 25.0 Å². The molecule has 0 amide bonds. The minimum absolute atomic E-state index is 0. The summed E-state index contributed by atoms with van der Waals surface area (Å²) in [6.45, 7) is 12.4. The van der Waals surface area contributed by atoms with Gasteiger partial charge in [-0.05, 0) is 0 Å². The van der Waals surface area contributed by atoms with Crippen LogP contribution in [-0.2, 0) is 52.1 Å². The summed E-state index contributed by atoms with van der Waals surface area (Å²) in [6.07, 6.45) is 0. The molecule has 0 fully saturated rings. The first-order valence-electron chi connectivity index (χ1n) is 13.1. The Kier molecular flexibility index (Phi) is 41.7. The van der Waals surface area contributed by atoms with E-state index >= 15 is 0 Å². The Balaban J connectivity index is 0. The maximum Gasteiger partial charge on any atom is 0.0701 e. The Labute approximate surface area is 240 Å². The molecule has 38 heavy (non-hydrogen) atoms. The number of nitrogens with two attached hydrogens (primary N) is 1. The molecule has 0 aromatic rings. The monoisotopic (exact) mass is 597 g/mol. The first-order valence-corrected chi connectivity index (χ1v) is 13.7. The van der Waals surface area contributed by atoms with Gasteiger partial charge in [0.05, 0.1) is 145 Å². The molecular formula is C24H52ClNO11S. The lowest BCUT2D eigenvalue weighted by atomic mass is 10.6. The Morgan fingerprint density at radius 3 is 0.605 bits per heavy atom. The van der Waals surface area contributed by atoms with Crippen LogP contribution in [0.4, 0.5) is 0 Å². The lowest BCUT2D eigenvalue weighted by Gasteiger charge is -2.09. The number of halogens is 1. The Hall–Kier alpha value is 0.160. The predicted molar refractivity (Wildman–Crippen MR) is 149 cm³/mol. The van der Waals surface area contributed by atoms with Gasteiger partial charge in [-0.2, -0.15) is 12.6 Å². The Morgan fingerprint density at radius 1 is 0.289 bits per heavy atom. The first kappa shape index (κ1) is 40.3. The highest BCUT2D eigenvalue weighted by atomic mass is 35.5. The van der Waals surface area contributed by atoms with Crippen LogP contribution in [0.15, 0.2) is 0 Å². The Bertz CT molecular complexity index is 376. The molecule has 0 bridgehead atoms. The van der Waals surface area contributed by atoms with Crippen LogP contribution >= 0.6 is 25.0 Å². The third-order valence-electron chi connectivity index (χ3n) is 4.22. The van der Waals surface area contributed by atoms with Crippen LogP contribution in [0.2, 0.25) is 0 Å². The highest BCUT2D eigenvalue weighted by Gasteiger charge is 1.96. The lowest BCUT2D eigenvalue weighted by molar-refractivity contribution is -0.0273. The van der Waals surface area contributed by atoms with Crippen molar-refractivity contribution in [2.75, 3.05) is 158 Å². The Morgan fingerprint density at radius 2 is 0.447 bits per heavy atom. The fraction of sp³-hybridized carbons (Fsp3) is 1.00. The molecule has 0 aliphatic carbocycles. The molecule has 0 aliphatic rings. The maximum atomic E-state index is 5.45. The van der Waals surface area contributed by atoms with Gasteiger partial charge < -0.3 is 57.8 Å². The summed E-state index contributed by atoms with van der Waals surface area (Å²) < 4.78 is 59.2. The lowest BCUT2D eigenvalue weighted by Crippen LogP contribution is -2.15. The first-order chi connectivity index (χ1) is 18.4. The molecule has 2 N–H and O–H groups in total. The molecular weight excluding hydrogens is 546 g/mol. The fourth-order valence-corrected chi connectivity index (χ4v) is 2.58. The zero-order valence-electron chi connectivity index (χ0n) is 22.9. The van der Waals surface area contributed by atoms with Gasteiger partial charge in [-0.3, -0.25) is 0 Å². The van der Waals surface area contributed by atoms with Crippen molar-refractivity contribution in [1.82, 2.24) is 0 Å². The largest absolute Gasteiger partial charge is 0.378 e. The van der Waals surface area contributed by atoms with E-state index < -0.39 is 0 Å². The van der Waals surface area contributed by atoms with E-state index in [0.29, 0.717) is 152 Å². The second-order valence-electron chi connectivity index (χ2n) is 7.25. The van der Waals surface area contributed by atoms with E-state index in [4.69, 9.17) is 57.8 Å². The topological polar surface area (TPSA) is 128 Å². The van der Waals surface area contributed by atoms with Crippen LogP contribution in [0.3, 0.4) is 0 Å². The van der Waals surface area contributed by atoms with E-state index in [2.05, 4.69) is 12.6 Å². The number of thiol groups is 1. The molecule has 0 spiro atoms. The molecule has 0 aromatic heterocycles. The van der Waals surface area contributed by atoms with E-state index in [1.807, 2.05) is 0 Å². The standard InChI is InChI=1S/C24H51NO11S.ClH/c25-1-2-26-3-4-27-5-6-28-7-8-29-9-10-30-11-12-31-13-14-32-15-16-33-17-18-34-19-20-35-21-22-36-23-24-37;/h37H,1-25H2;1H. The molecule has 232 valence electrons. The molecule has 0 saturated heterocycles. The predicted octanol–water partition coefficient (Wildman–Crippen LogP) is 0.479. The van der Waals surface area contributed by atoms with Gasteiger partial charge in [0.1, 0.15) is 0 Å². The van der Waals surface area contributed by atoms with Crippen LogP contribution in [-0.4, -0.2) is 158 Å². The summed E-state index contributed by atoms with van der Waals surface area (Å²) in [5.74, 6) is 0.721. The zero-order valence-corrected chi connectivity index (χ0v) is 24.6. The quantitative estimate of drug-likeness (QED) is 0.0791. The normalized spacial score (nSPS) is 11.2. The fourth-order valence-electron chi connectivity index (χ4n) is 2.45. The van der Waals surface area contributed by atoms with Crippen molar-refractivity contribution in [3.8, 4) is 0 Å². The van der Waals surface area contributed by atoms with Crippen molar-refractivity contribution in [2.24, 2.45) is 5.73 Å². The summed E-state index contributed by atoms with van der Waals surface area (Å²) >= 11 is 4.06. The highest BCUT2D eigenvalue weighted by molar-refractivity contribution is 7.80. The average Bonchev–Trinajstić information content (AvgIpc) is 2.91. The molecule has 0 aliphatic heterocycles. The molecule has 0 radical (unpaired) electrons. The molecule has 0 aromatic carbocycles. The van der Waals surface area contributed by atoms with E-state index in [0.717, 1.165) is 5.75 Å². The summed E-state index contributed by atoms with van der Waals surface area (Å²) in [5.41, 5.74) is 5.32. The minimum atomic E-state index is 0. The summed E-state index contributed by atoms with van der Waals surface area (Å²) in [6, 6.07) is 0. The third-order valence-corrected chi connectivity index (χ3v) is 4.40. The van der Waals surface area contributed by atoms with Crippen molar-refractivity contribution in [1.29, 1.82) is 0 Å². The van der Waals surface area contributed by atoms with Gasteiger partial charge in [-0.1, -0.05) is 0 Å². The second kappa shape index (κ2) is 39.3. The van der Waals surface area contributed by atoms with Crippen LogP contribution < -0.4 is 5.73 Å². The second-order valence-corrected chi connectivity index (χ2v) is 7.70. The number of hydrogen-bond acceptors (Lipinski definition) is 13. The van der Waals surface area contributed by atoms with Crippen LogP contribution in [0.25, 0.3) is 0 Å². The van der Waals surface area contributed by atoms with Gasteiger partial charge >= 0.3 is 0 Å². The van der Waals surface area contributed by atoms with Gasteiger partial charge in [-0.15, -0.1) is 12.4 Å². The van der Waals surface area contributed by atoms with Gasteiger partial charge in [0, 0.05) is 12.3 Å². The van der Waals surface area contributed by atoms with E-state index in [1.165, 1.54) is 0 Å². The van der Waals surface area contributed by atoms with E-state index in [1.54, 1.807) is 0 Å². The average molecular weight is 598 g/mol. The van der Waals surface area contributed by atoms with Gasteiger partial charge in [0.2, 0.25) is 0 Å². The van der Waals surface area contributed by atoms with Crippen molar-refractivity contribution < 1.29 is 52.1 Å². The summed E-state index contributed by atoms with van der Waals surface area (Å²) in [7, 11) is 0. The van der Waals surface area contributed by atoms with E-state index in [-0.39, 0.29) is 12.4 Å². The molecule has 0 saturated carbocycles. The van der Waals surface area contributed by atoms with Crippen LogP contribution in [0.1, 0.15) is 0 Å². The summed E-state index contributed by atoms with van der Waals surface area (Å²) in [5, 5.41) is 0. The van der Waals surface area contributed by atoms with Crippen molar-refractivity contribution in [3.05, 3.63) is 0 Å². The van der Waals surface area contributed by atoms with Gasteiger partial charge in [-0.25, -0.2) is 0 Å². The molecule has 0 heterocycles. The molecule has 0 unspecified atom stereocenters. The number of rotatable bonds is 34. The van der Waals surface area contributed by atoms with Crippen LogP contribution in [0, 0.1) is 0 Å². The number of ether oxygens (including phenoxy) is 11. The highest BCUT2D eigenvalue weighted by Crippen LogP contribution is 1.87. The molecule has 12 nitrogen and oxygen atoms in total. The molecule has 0 rings (SSSR count). The van der Waals surface area contributed by atoms with E-state index in [9.17, 15) is 0 Å². The van der Waals surface area contributed by atoms with Crippen molar-refractivity contribution in [3.63, 3.8) is 0 Å². The minimum Gasteiger partial charge on any atom is -0.378 e. The van der Waals surface area contributed by atoms with Gasteiger partial charge in [0.25, 0.3) is 0 Å².